The predicted molar refractivity (Wildman–Crippen MR) is 85.0 cm³/mol. The van der Waals surface area contributed by atoms with Crippen molar-refractivity contribution >= 4 is 0 Å². The van der Waals surface area contributed by atoms with Gasteiger partial charge in [-0.15, -0.1) is 0 Å². The molecular formula is C18H22N4. The van der Waals surface area contributed by atoms with E-state index in [2.05, 4.69) is 32.0 Å². The molecule has 114 valence electrons. The minimum Gasteiger partial charge on any atom is -0.297 e. The largest absolute Gasteiger partial charge is 0.297 e. The zero-order valence-electron chi connectivity index (χ0n) is 12.8. The molecule has 0 bridgehead atoms. The van der Waals surface area contributed by atoms with Gasteiger partial charge in [0.25, 0.3) is 0 Å². The van der Waals surface area contributed by atoms with Gasteiger partial charge in [-0.2, -0.15) is 0 Å². The summed E-state index contributed by atoms with van der Waals surface area (Å²) in [6.07, 6.45) is 11.2. The topological polar surface area (TPSA) is 41.9 Å². The molecule has 2 aromatic rings. The Hall–Kier alpha value is -1.81. The van der Waals surface area contributed by atoms with Gasteiger partial charge >= 0.3 is 0 Å². The van der Waals surface area contributed by atoms with Gasteiger partial charge in [0.05, 0.1) is 11.4 Å². The first-order chi connectivity index (χ1) is 10.9. The molecule has 4 rings (SSSR count). The molecule has 0 amide bonds. The number of rotatable bonds is 4. The molecule has 0 unspecified atom stereocenters. The highest BCUT2D eigenvalue weighted by Gasteiger charge is 2.42. The van der Waals surface area contributed by atoms with Gasteiger partial charge in [0.2, 0.25) is 0 Å². The number of pyridine rings is 1. The Morgan fingerprint density at radius 2 is 1.95 bits per heavy atom. The Bertz CT molecular complexity index is 601. The van der Waals surface area contributed by atoms with E-state index in [1.807, 2.05) is 24.7 Å². The lowest BCUT2D eigenvalue weighted by atomic mass is 9.89. The molecule has 2 aromatic heterocycles. The van der Waals surface area contributed by atoms with Crippen LogP contribution in [0.15, 0.2) is 43.0 Å². The molecule has 1 saturated carbocycles. The highest BCUT2D eigenvalue weighted by molar-refractivity contribution is 5.06. The fourth-order valence-electron chi connectivity index (χ4n) is 4.28. The highest BCUT2D eigenvalue weighted by Crippen LogP contribution is 2.43. The number of hydrogen-bond acceptors (Lipinski definition) is 4. The predicted octanol–water partition coefficient (Wildman–Crippen LogP) is 2.57. The van der Waals surface area contributed by atoms with Crippen molar-refractivity contribution in [1.29, 1.82) is 0 Å². The van der Waals surface area contributed by atoms with Crippen molar-refractivity contribution in [1.82, 2.24) is 19.9 Å². The first kappa shape index (κ1) is 13.8. The first-order valence-electron chi connectivity index (χ1n) is 8.25. The van der Waals surface area contributed by atoms with Crippen molar-refractivity contribution in [2.24, 2.45) is 17.8 Å². The normalized spacial score (nSPS) is 27.9. The molecule has 0 spiro atoms. The third kappa shape index (κ3) is 2.88. The van der Waals surface area contributed by atoms with E-state index in [0.29, 0.717) is 0 Å². The molecule has 2 aliphatic rings. The molecule has 4 heteroatoms. The molecule has 2 fully saturated rings. The monoisotopic (exact) mass is 294 g/mol. The molecule has 0 radical (unpaired) electrons. The van der Waals surface area contributed by atoms with Gasteiger partial charge in [0.1, 0.15) is 0 Å². The second-order valence-electron chi connectivity index (χ2n) is 6.68. The minimum absolute atomic E-state index is 0.774. The molecule has 4 nitrogen and oxygen atoms in total. The summed E-state index contributed by atoms with van der Waals surface area (Å²) in [6, 6.07) is 6.19. The quantitative estimate of drug-likeness (QED) is 0.869. The van der Waals surface area contributed by atoms with Crippen LogP contribution in [0.3, 0.4) is 0 Å². The van der Waals surface area contributed by atoms with Gasteiger partial charge < -0.3 is 0 Å². The van der Waals surface area contributed by atoms with Crippen molar-refractivity contribution in [2.45, 2.75) is 25.8 Å². The van der Waals surface area contributed by atoms with Crippen LogP contribution in [0.1, 0.15) is 24.2 Å². The second-order valence-corrected chi connectivity index (χ2v) is 6.68. The maximum absolute atomic E-state index is 4.46. The highest BCUT2D eigenvalue weighted by atomic mass is 15.2. The van der Waals surface area contributed by atoms with Gasteiger partial charge in [-0.25, -0.2) is 0 Å². The number of aromatic nitrogens is 3. The summed E-state index contributed by atoms with van der Waals surface area (Å²) in [5, 5.41) is 0. The van der Waals surface area contributed by atoms with Crippen LogP contribution in [-0.4, -0.2) is 32.9 Å². The summed E-state index contributed by atoms with van der Waals surface area (Å²) in [5.74, 6) is 2.46. The molecule has 1 saturated heterocycles. The molecule has 22 heavy (non-hydrogen) atoms. The average molecular weight is 294 g/mol. The van der Waals surface area contributed by atoms with Crippen LogP contribution in [0.5, 0.6) is 0 Å². The van der Waals surface area contributed by atoms with Gasteiger partial charge in [0, 0.05) is 44.4 Å². The average Bonchev–Trinajstić information content (AvgIpc) is 3.11. The van der Waals surface area contributed by atoms with E-state index >= 15 is 0 Å². The maximum Gasteiger partial charge on any atom is 0.0589 e. The van der Waals surface area contributed by atoms with E-state index in [-0.39, 0.29) is 0 Å². The van der Waals surface area contributed by atoms with Gasteiger partial charge in [0.15, 0.2) is 0 Å². The second kappa shape index (κ2) is 6.13. The Morgan fingerprint density at radius 1 is 1.00 bits per heavy atom. The lowest BCUT2D eigenvalue weighted by Crippen LogP contribution is -2.24. The minimum atomic E-state index is 0.774. The molecular weight excluding hydrogens is 272 g/mol. The van der Waals surface area contributed by atoms with Crippen LogP contribution in [-0.2, 0) is 13.0 Å². The Morgan fingerprint density at radius 3 is 2.77 bits per heavy atom. The Labute approximate surface area is 131 Å². The van der Waals surface area contributed by atoms with Crippen LogP contribution in [0.4, 0.5) is 0 Å². The zero-order chi connectivity index (χ0) is 14.8. The first-order valence-corrected chi connectivity index (χ1v) is 8.25. The van der Waals surface area contributed by atoms with Crippen LogP contribution < -0.4 is 0 Å². The number of nitrogens with zero attached hydrogens (tertiary/aromatic N) is 4. The van der Waals surface area contributed by atoms with E-state index in [0.717, 1.165) is 36.4 Å². The maximum atomic E-state index is 4.46. The van der Waals surface area contributed by atoms with Crippen molar-refractivity contribution < 1.29 is 0 Å². The standard InChI is InChI=1S/C18H22N4/c1-2-6-20-16(3-1)12-22-11-15-5-4-14(18(15)13-22)9-17-10-19-7-8-21-17/h1-3,6-8,10,14-15,18H,4-5,9,11-13H2/t14-,15-,18-/m1/s1. The smallest absolute Gasteiger partial charge is 0.0589 e. The fourth-order valence-corrected chi connectivity index (χ4v) is 4.28. The number of hydrogen-bond donors (Lipinski definition) is 0. The number of likely N-dealkylation sites (tertiary alicyclic amines) is 1. The molecule has 0 N–H and O–H groups in total. The van der Waals surface area contributed by atoms with Gasteiger partial charge in [-0.05, 0) is 49.1 Å². The fraction of sp³-hybridized carbons (Fsp3) is 0.500. The lowest BCUT2D eigenvalue weighted by molar-refractivity contribution is 0.278. The molecule has 3 heterocycles. The van der Waals surface area contributed by atoms with E-state index < -0.39 is 0 Å². The molecule has 0 aromatic carbocycles. The number of fused-ring (bicyclic) bond motifs is 1. The van der Waals surface area contributed by atoms with Crippen LogP contribution in [0.25, 0.3) is 0 Å². The Kier molecular flexibility index (Phi) is 3.85. The van der Waals surface area contributed by atoms with Crippen LogP contribution in [0, 0.1) is 17.8 Å². The molecule has 1 aliphatic carbocycles. The van der Waals surface area contributed by atoms with Crippen molar-refractivity contribution in [3.8, 4) is 0 Å². The van der Waals surface area contributed by atoms with Crippen LogP contribution in [0.2, 0.25) is 0 Å². The third-order valence-corrected chi connectivity index (χ3v) is 5.28. The van der Waals surface area contributed by atoms with E-state index in [4.69, 9.17) is 0 Å². The summed E-state index contributed by atoms with van der Waals surface area (Å²) >= 11 is 0. The van der Waals surface area contributed by atoms with Crippen molar-refractivity contribution in [2.75, 3.05) is 13.1 Å². The summed E-state index contributed by atoms with van der Waals surface area (Å²) < 4.78 is 0. The molecule has 1 aliphatic heterocycles. The van der Waals surface area contributed by atoms with E-state index in [1.54, 1.807) is 6.20 Å². The summed E-state index contributed by atoms with van der Waals surface area (Å²) in [5.41, 5.74) is 2.34. The molecule has 3 atom stereocenters. The SMILES string of the molecule is c1ccc(CN2C[C@H]3CC[C@H](Cc4cnccn4)[C@H]3C2)nc1. The van der Waals surface area contributed by atoms with E-state index in [9.17, 15) is 0 Å². The summed E-state index contributed by atoms with van der Waals surface area (Å²) in [7, 11) is 0. The summed E-state index contributed by atoms with van der Waals surface area (Å²) in [4.78, 5) is 15.7. The van der Waals surface area contributed by atoms with Crippen LogP contribution >= 0.6 is 0 Å². The third-order valence-electron chi connectivity index (χ3n) is 5.28. The Balaban J connectivity index is 1.39. The van der Waals surface area contributed by atoms with Gasteiger partial charge in [-0.3, -0.25) is 19.9 Å². The zero-order valence-corrected chi connectivity index (χ0v) is 12.8. The van der Waals surface area contributed by atoms with E-state index in [1.165, 1.54) is 31.6 Å². The lowest BCUT2D eigenvalue weighted by Gasteiger charge is -2.20. The summed E-state index contributed by atoms with van der Waals surface area (Å²) in [6.45, 7) is 3.44. The van der Waals surface area contributed by atoms with Gasteiger partial charge in [-0.1, -0.05) is 6.07 Å². The van der Waals surface area contributed by atoms with Crippen molar-refractivity contribution in [3.05, 3.63) is 54.4 Å². The van der Waals surface area contributed by atoms with Crippen molar-refractivity contribution in [3.63, 3.8) is 0 Å².